The number of amides is 2. The molecule has 6 rings (SSSR count). The summed E-state index contributed by atoms with van der Waals surface area (Å²) in [5.41, 5.74) is 3.48. The summed E-state index contributed by atoms with van der Waals surface area (Å²) < 4.78 is 8.28. The fourth-order valence-corrected chi connectivity index (χ4v) is 7.41. The second-order valence-electron chi connectivity index (χ2n) is 12.8. The van der Waals surface area contributed by atoms with Crippen LogP contribution in [0.1, 0.15) is 70.3 Å². The van der Waals surface area contributed by atoms with Crippen molar-refractivity contribution < 1.29 is 14.3 Å². The van der Waals surface area contributed by atoms with Crippen LogP contribution in [0.5, 0.6) is 5.75 Å². The number of rotatable bonds is 3. The Kier molecular flexibility index (Phi) is 9.20. The Hall–Kier alpha value is -3.55. The number of benzene rings is 2. The number of hydrogen-bond acceptors (Lipinski definition) is 5. The van der Waals surface area contributed by atoms with Crippen LogP contribution in [-0.4, -0.2) is 65.6 Å². The van der Waals surface area contributed by atoms with Gasteiger partial charge in [0.05, 0.1) is 23.6 Å². The molecule has 2 saturated heterocycles. The van der Waals surface area contributed by atoms with E-state index in [1.54, 1.807) is 0 Å². The molecule has 3 aliphatic rings. The van der Waals surface area contributed by atoms with Crippen LogP contribution in [0.2, 0.25) is 0 Å². The number of nitrogens with zero attached hydrogens (tertiary/aromatic N) is 4. The number of aryl methyl sites for hydroxylation is 2. The zero-order valence-electron chi connectivity index (χ0n) is 25.7. The van der Waals surface area contributed by atoms with Crippen molar-refractivity contribution in [2.45, 2.75) is 77.7 Å². The smallest absolute Gasteiger partial charge is 0.227 e. The molecular weight excluding hydrogens is 538 g/mol. The molecule has 230 valence electrons. The Balaban J connectivity index is 1.09. The van der Waals surface area contributed by atoms with Crippen molar-refractivity contribution in [3.05, 3.63) is 54.1 Å². The predicted molar refractivity (Wildman–Crippen MR) is 170 cm³/mol. The Morgan fingerprint density at radius 3 is 2.65 bits per heavy atom. The Morgan fingerprint density at radius 2 is 1.79 bits per heavy atom. The summed E-state index contributed by atoms with van der Waals surface area (Å²) in [6, 6.07) is 16.6. The molecule has 0 radical (unpaired) electrons. The molecule has 1 N–H and O–H groups in total. The van der Waals surface area contributed by atoms with E-state index in [1.165, 1.54) is 5.56 Å². The van der Waals surface area contributed by atoms with Crippen LogP contribution in [0.3, 0.4) is 0 Å². The van der Waals surface area contributed by atoms with Crippen molar-refractivity contribution in [3.63, 3.8) is 0 Å². The van der Waals surface area contributed by atoms with Crippen LogP contribution in [0, 0.1) is 11.3 Å². The van der Waals surface area contributed by atoms with Gasteiger partial charge in [-0.1, -0.05) is 36.8 Å². The molecule has 4 heterocycles. The summed E-state index contributed by atoms with van der Waals surface area (Å²) in [5, 5.41) is 3.26. The minimum atomic E-state index is -0.00102. The summed E-state index contributed by atoms with van der Waals surface area (Å²) in [7, 11) is 0. The van der Waals surface area contributed by atoms with E-state index in [0.29, 0.717) is 31.9 Å². The number of carbonyl (C=O) groups is 2. The van der Waals surface area contributed by atoms with E-state index in [4.69, 9.17) is 9.72 Å². The molecule has 43 heavy (non-hydrogen) atoms. The molecule has 1 atom stereocenters. The van der Waals surface area contributed by atoms with E-state index < -0.39 is 0 Å². The fraction of sp³-hybridized carbons (Fsp3) is 0.571. The average Bonchev–Trinajstić information content (AvgIpc) is 3.43. The first kappa shape index (κ1) is 29.5. The molecule has 2 aromatic carbocycles. The van der Waals surface area contributed by atoms with Crippen LogP contribution in [-0.2, 0) is 22.6 Å². The SMILES string of the molecule is CCn1c(N2CCCC(C(=O)N3CCC4(CCCCc5ccccc5OCCCC(=O)NC4)CC3)C2)nc2ccccc21. The minimum Gasteiger partial charge on any atom is -0.493 e. The average molecular weight is 586 g/mol. The summed E-state index contributed by atoms with van der Waals surface area (Å²) in [5.74, 6) is 2.34. The molecule has 8 nitrogen and oxygen atoms in total. The van der Waals surface area contributed by atoms with Gasteiger partial charge in [0.1, 0.15) is 5.75 Å². The van der Waals surface area contributed by atoms with Crippen LogP contribution in [0.25, 0.3) is 11.0 Å². The summed E-state index contributed by atoms with van der Waals surface area (Å²) in [4.78, 5) is 36.0. The van der Waals surface area contributed by atoms with Crippen molar-refractivity contribution in [1.29, 1.82) is 0 Å². The van der Waals surface area contributed by atoms with Gasteiger partial charge < -0.3 is 24.4 Å². The number of anilines is 1. The fourth-order valence-electron chi connectivity index (χ4n) is 7.41. The normalized spacial score (nSPS) is 22.0. The third-order valence-corrected chi connectivity index (χ3v) is 9.98. The number of nitrogens with one attached hydrogen (secondary N) is 1. The highest BCUT2D eigenvalue weighted by atomic mass is 16.5. The van der Waals surface area contributed by atoms with E-state index in [1.807, 2.05) is 18.2 Å². The number of hydrogen-bond donors (Lipinski definition) is 1. The van der Waals surface area contributed by atoms with Crippen LogP contribution in [0.15, 0.2) is 48.5 Å². The van der Waals surface area contributed by atoms with Crippen LogP contribution >= 0.6 is 0 Å². The van der Waals surface area contributed by atoms with E-state index in [2.05, 4.69) is 56.9 Å². The number of likely N-dealkylation sites (tertiary alicyclic amines) is 1. The van der Waals surface area contributed by atoms with Gasteiger partial charge in [0.2, 0.25) is 17.8 Å². The third kappa shape index (κ3) is 6.68. The lowest BCUT2D eigenvalue weighted by molar-refractivity contribution is -0.138. The van der Waals surface area contributed by atoms with Gasteiger partial charge in [0.25, 0.3) is 0 Å². The number of ether oxygens (including phenoxy) is 1. The molecule has 3 aromatic rings. The van der Waals surface area contributed by atoms with Crippen LogP contribution in [0.4, 0.5) is 5.95 Å². The zero-order valence-corrected chi connectivity index (χ0v) is 25.7. The second-order valence-corrected chi connectivity index (χ2v) is 12.8. The minimum absolute atomic E-state index is 0.00102. The number of aromatic nitrogens is 2. The van der Waals surface area contributed by atoms with E-state index in [0.717, 1.165) is 107 Å². The van der Waals surface area contributed by atoms with Gasteiger partial charge in [-0.25, -0.2) is 4.98 Å². The lowest BCUT2D eigenvalue weighted by atomic mass is 9.74. The number of fused-ring (bicyclic) bond motifs is 2. The molecule has 0 bridgehead atoms. The quantitative estimate of drug-likeness (QED) is 0.434. The van der Waals surface area contributed by atoms with Gasteiger partial charge in [-0.3, -0.25) is 9.59 Å². The van der Waals surface area contributed by atoms with E-state index >= 15 is 0 Å². The lowest BCUT2D eigenvalue weighted by Gasteiger charge is -2.44. The molecule has 1 aromatic heterocycles. The highest BCUT2D eigenvalue weighted by molar-refractivity contribution is 5.81. The maximum atomic E-state index is 13.9. The predicted octanol–water partition coefficient (Wildman–Crippen LogP) is 5.58. The second kappa shape index (κ2) is 13.4. The molecule has 0 aliphatic carbocycles. The maximum Gasteiger partial charge on any atom is 0.227 e. The highest BCUT2D eigenvalue weighted by Gasteiger charge is 2.38. The number of carbonyl (C=O) groups excluding carboxylic acids is 2. The zero-order chi connectivity index (χ0) is 29.6. The van der Waals surface area contributed by atoms with Gasteiger partial charge in [-0.05, 0) is 87.5 Å². The molecular formula is C35H47N5O3. The number of imidazole rings is 1. The molecule has 1 spiro atoms. The summed E-state index contributed by atoms with van der Waals surface area (Å²) in [6.45, 7) is 7.49. The third-order valence-electron chi connectivity index (χ3n) is 9.98. The molecule has 1 unspecified atom stereocenters. The largest absolute Gasteiger partial charge is 0.493 e. The van der Waals surface area contributed by atoms with Gasteiger partial charge >= 0.3 is 0 Å². The standard InChI is InChI=1S/C35H47N5O3/c1-2-40-30-15-5-4-14-29(30)37-34(40)39-21-9-13-28(25-39)33(42)38-22-19-35(20-23-38)18-8-7-12-27-11-3-6-16-31(27)43-24-10-17-32(41)36-26-35/h3-6,11,14-16,28H,2,7-10,12-13,17-26H2,1H3,(H,36,41). The Bertz CT molecular complexity index is 1410. The highest BCUT2D eigenvalue weighted by Crippen LogP contribution is 2.38. The molecule has 2 amide bonds. The van der Waals surface area contributed by atoms with Gasteiger partial charge in [0, 0.05) is 45.7 Å². The van der Waals surface area contributed by atoms with E-state index in [-0.39, 0.29) is 17.2 Å². The molecule has 0 saturated carbocycles. The number of para-hydroxylation sites is 3. The van der Waals surface area contributed by atoms with Crippen molar-refractivity contribution in [2.75, 3.05) is 44.2 Å². The van der Waals surface area contributed by atoms with Crippen molar-refractivity contribution in [1.82, 2.24) is 19.8 Å². The first-order valence-electron chi connectivity index (χ1n) is 16.5. The van der Waals surface area contributed by atoms with Gasteiger partial charge in [-0.15, -0.1) is 0 Å². The monoisotopic (exact) mass is 585 g/mol. The molecule has 2 fully saturated rings. The van der Waals surface area contributed by atoms with Crippen LogP contribution < -0.4 is 15.0 Å². The molecule has 3 aliphatic heterocycles. The number of piperidine rings is 2. The van der Waals surface area contributed by atoms with Gasteiger partial charge in [0.15, 0.2) is 0 Å². The Morgan fingerprint density at radius 1 is 0.977 bits per heavy atom. The molecule has 8 heteroatoms. The summed E-state index contributed by atoms with van der Waals surface area (Å²) in [6.07, 6.45) is 9.30. The maximum absolute atomic E-state index is 13.9. The van der Waals surface area contributed by atoms with Crippen molar-refractivity contribution >= 4 is 28.8 Å². The Labute approximate surface area is 255 Å². The first-order valence-corrected chi connectivity index (χ1v) is 16.5. The topological polar surface area (TPSA) is 79.7 Å². The summed E-state index contributed by atoms with van der Waals surface area (Å²) >= 11 is 0. The first-order chi connectivity index (χ1) is 21.0. The van der Waals surface area contributed by atoms with Gasteiger partial charge in [-0.2, -0.15) is 0 Å². The van der Waals surface area contributed by atoms with E-state index in [9.17, 15) is 9.59 Å². The van der Waals surface area contributed by atoms with Crippen molar-refractivity contribution in [2.24, 2.45) is 11.3 Å². The van der Waals surface area contributed by atoms with Crippen molar-refractivity contribution in [3.8, 4) is 5.75 Å². The lowest BCUT2D eigenvalue weighted by Crippen LogP contribution is -2.51.